The number of nitrogens with one attached hydrogen (secondary N) is 1. The van der Waals surface area contributed by atoms with Crippen molar-refractivity contribution in [2.75, 3.05) is 0 Å². The lowest BCUT2D eigenvalue weighted by molar-refractivity contribution is -0.123. The van der Waals surface area contributed by atoms with E-state index >= 15 is 0 Å². The first-order valence-electron chi connectivity index (χ1n) is 4.66. The number of carbonyl (C=O) groups excluding carboxylic acids is 2. The van der Waals surface area contributed by atoms with Gasteiger partial charge < -0.3 is 5.73 Å². The zero-order valence-corrected chi connectivity index (χ0v) is 10.8. The highest BCUT2D eigenvalue weighted by atomic mass is 79.9. The van der Waals surface area contributed by atoms with E-state index in [0.717, 1.165) is 15.9 Å². The maximum Gasteiger partial charge on any atom is 0.318 e. The molecule has 0 aliphatic carbocycles. The second-order valence-corrected chi connectivity index (χ2v) is 4.25. The summed E-state index contributed by atoms with van der Waals surface area (Å²) < 4.78 is 2.39. The first-order valence-corrected chi connectivity index (χ1v) is 5.45. The van der Waals surface area contributed by atoms with E-state index in [-0.39, 0.29) is 0 Å². The normalized spacial score (nSPS) is 12.2. The van der Waals surface area contributed by atoms with Gasteiger partial charge in [0, 0.05) is 0 Å². The molecule has 0 bridgehead atoms. The third kappa shape index (κ3) is 2.41. The molecule has 0 radical (unpaired) electrons. The molecule has 0 spiro atoms. The molecule has 0 aromatic carbocycles. The molecule has 1 rings (SSSR count). The van der Waals surface area contributed by atoms with Gasteiger partial charge in [-0.3, -0.25) is 14.8 Å². The highest BCUT2D eigenvalue weighted by Gasteiger charge is 2.20. The number of primary amides is 1. The van der Waals surface area contributed by atoms with Crippen LogP contribution in [0.3, 0.4) is 0 Å². The Bertz CT molecular complexity index is 441. The van der Waals surface area contributed by atoms with Crippen molar-refractivity contribution in [2.24, 2.45) is 5.73 Å². The minimum absolute atomic E-state index is 0.481. The summed E-state index contributed by atoms with van der Waals surface area (Å²) in [6, 6.07) is -1.45. The van der Waals surface area contributed by atoms with E-state index in [4.69, 9.17) is 5.73 Å². The molecule has 0 saturated heterocycles. The van der Waals surface area contributed by atoms with Crippen LogP contribution in [0.4, 0.5) is 4.79 Å². The van der Waals surface area contributed by atoms with E-state index in [1.54, 1.807) is 6.92 Å². The van der Waals surface area contributed by atoms with Crippen LogP contribution in [0.1, 0.15) is 24.4 Å². The SMILES string of the molecule is Cc1nn(C(C)C(=O)NC(N)=O)c(C)c1Br. The lowest BCUT2D eigenvalue weighted by Gasteiger charge is -2.12. The van der Waals surface area contributed by atoms with Crippen molar-refractivity contribution in [3.8, 4) is 0 Å². The third-order valence-corrected chi connectivity index (χ3v) is 3.38. The molecule has 1 aromatic rings. The molecule has 6 nitrogen and oxygen atoms in total. The number of imide groups is 1. The van der Waals surface area contributed by atoms with Crippen molar-refractivity contribution in [2.45, 2.75) is 26.8 Å². The monoisotopic (exact) mass is 288 g/mol. The number of aromatic nitrogens is 2. The zero-order chi connectivity index (χ0) is 12.5. The highest BCUT2D eigenvalue weighted by molar-refractivity contribution is 9.10. The molecule has 0 saturated carbocycles. The van der Waals surface area contributed by atoms with Crippen molar-refractivity contribution in [3.63, 3.8) is 0 Å². The molecule has 1 heterocycles. The van der Waals surface area contributed by atoms with Gasteiger partial charge in [0.2, 0.25) is 0 Å². The maximum absolute atomic E-state index is 11.5. The minimum atomic E-state index is -0.863. The van der Waals surface area contributed by atoms with Gasteiger partial charge in [-0.05, 0) is 36.7 Å². The molecular formula is C9H13BrN4O2. The van der Waals surface area contributed by atoms with Crippen molar-refractivity contribution >= 4 is 27.9 Å². The Balaban J connectivity index is 2.96. The van der Waals surface area contributed by atoms with Crippen LogP contribution < -0.4 is 11.1 Å². The summed E-state index contributed by atoms with van der Waals surface area (Å²) in [7, 11) is 0. The van der Waals surface area contributed by atoms with Gasteiger partial charge >= 0.3 is 6.03 Å². The van der Waals surface area contributed by atoms with Gasteiger partial charge in [-0.1, -0.05) is 0 Å². The second-order valence-electron chi connectivity index (χ2n) is 3.46. The Kier molecular flexibility index (Phi) is 3.69. The minimum Gasteiger partial charge on any atom is -0.351 e. The van der Waals surface area contributed by atoms with Crippen molar-refractivity contribution in [3.05, 3.63) is 15.9 Å². The van der Waals surface area contributed by atoms with E-state index in [0.29, 0.717) is 0 Å². The molecular weight excluding hydrogens is 276 g/mol. The van der Waals surface area contributed by atoms with Crippen LogP contribution in [0.15, 0.2) is 4.47 Å². The molecule has 7 heteroatoms. The van der Waals surface area contributed by atoms with Gasteiger partial charge in [-0.15, -0.1) is 0 Å². The Morgan fingerprint density at radius 3 is 2.44 bits per heavy atom. The summed E-state index contributed by atoms with van der Waals surface area (Å²) in [5.74, 6) is -0.481. The summed E-state index contributed by atoms with van der Waals surface area (Å²) in [6.07, 6.45) is 0. The number of amides is 3. The van der Waals surface area contributed by atoms with Gasteiger partial charge in [-0.2, -0.15) is 5.10 Å². The number of urea groups is 1. The van der Waals surface area contributed by atoms with Gasteiger partial charge in [0.05, 0.1) is 15.9 Å². The fourth-order valence-corrected chi connectivity index (χ4v) is 1.62. The number of hydrogen-bond donors (Lipinski definition) is 2. The third-order valence-electron chi connectivity index (χ3n) is 2.23. The fraction of sp³-hybridized carbons (Fsp3) is 0.444. The molecule has 88 valence electrons. The number of aryl methyl sites for hydroxylation is 1. The van der Waals surface area contributed by atoms with Gasteiger partial charge in [-0.25, -0.2) is 4.79 Å². The summed E-state index contributed by atoms with van der Waals surface area (Å²) in [5.41, 5.74) is 6.48. The largest absolute Gasteiger partial charge is 0.351 e. The second kappa shape index (κ2) is 4.65. The number of carbonyl (C=O) groups is 2. The number of nitrogens with zero attached hydrogens (tertiary/aromatic N) is 2. The molecule has 1 unspecified atom stereocenters. The van der Waals surface area contributed by atoms with Gasteiger partial charge in [0.25, 0.3) is 5.91 Å². The van der Waals surface area contributed by atoms with Crippen LogP contribution in [-0.2, 0) is 4.79 Å². The van der Waals surface area contributed by atoms with Crippen molar-refractivity contribution in [1.29, 1.82) is 0 Å². The summed E-state index contributed by atoms with van der Waals surface area (Å²) >= 11 is 3.36. The van der Waals surface area contributed by atoms with Crippen molar-refractivity contribution < 1.29 is 9.59 Å². The van der Waals surface area contributed by atoms with Crippen LogP contribution in [0.2, 0.25) is 0 Å². The van der Waals surface area contributed by atoms with E-state index in [1.165, 1.54) is 4.68 Å². The van der Waals surface area contributed by atoms with Crippen molar-refractivity contribution in [1.82, 2.24) is 15.1 Å². The number of hydrogen-bond acceptors (Lipinski definition) is 3. The Hall–Kier alpha value is -1.37. The topological polar surface area (TPSA) is 90.0 Å². The molecule has 0 fully saturated rings. The molecule has 3 N–H and O–H groups in total. The van der Waals surface area contributed by atoms with Crippen LogP contribution >= 0.6 is 15.9 Å². The molecule has 0 aliphatic heterocycles. The first-order chi connectivity index (χ1) is 7.34. The van der Waals surface area contributed by atoms with E-state index < -0.39 is 18.0 Å². The van der Waals surface area contributed by atoms with Crippen LogP contribution in [0, 0.1) is 13.8 Å². The zero-order valence-electron chi connectivity index (χ0n) is 9.24. The number of nitrogens with two attached hydrogens (primary N) is 1. The molecule has 1 aromatic heterocycles. The van der Waals surface area contributed by atoms with E-state index in [2.05, 4.69) is 21.0 Å². The van der Waals surface area contributed by atoms with Crippen LogP contribution in [0.25, 0.3) is 0 Å². The summed E-state index contributed by atoms with van der Waals surface area (Å²) in [5, 5.41) is 6.22. The van der Waals surface area contributed by atoms with Crippen LogP contribution in [-0.4, -0.2) is 21.7 Å². The Morgan fingerprint density at radius 2 is 2.06 bits per heavy atom. The predicted molar refractivity (Wildman–Crippen MR) is 61.8 cm³/mol. The summed E-state index contributed by atoms with van der Waals surface area (Å²) in [4.78, 5) is 22.1. The number of rotatable bonds is 2. The average molecular weight is 289 g/mol. The average Bonchev–Trinajstić information content (AvgIpc) is 2.44. The molecule has 3 amide bonds. The Morgan fingerprint density at radius 1 is 1.50 bits per heavy atom. The first kappa shape index (κ1) is 12.7. The lowest BCUT2D eigenvalue weighted by Crippen LogP contribution is -2.39. The molecule has 0 aliphatic rings. The van der Waals surface area contributed by atoms with Gasteiger partial charge in [0.15, 0.2) is 0 Å². The smallest absolute Gasteiger partial charge is 0.318 e. The Labute approximate surface area is 101 Å². The lowest BCUT2D eigenvalue weighted by atomic mass is 10.3. The number of halogens is 1. The molecule has 16 heavy (non-hydrogen) atoms. The summed E-state index contributed by atoms with van der Waals surface area (Å²) in [6.45, 7) is 5.30. The molecule has 1 atom stereocenters. The van der Waals surface area contributed by atoms with Gasteiger partial charge in [0.1, 0.15) is 6.04 Å². The predicted octanol–water partition coefficient (Wildman–Crippen LogP) is 1.02. The van der Waals surface area contributed by atoms with E-state index in [9.17, 15) is 9.59 Å². The van der Waals surface area contributed by atoms with Crippen LogP contribution in [0.5, 0.6) is 0 Å². The quantitative estimate of drug-likeness (QED) is 0.851. The van der Waals surface area contributed by atoms with E-state index in [1.807, 2.05) is 19.2 Å². The standard InChI is InChI=1S/C9H13BrN4O2/c1-4-7(10)5(2)14(13-4)6(3)8(15)12-9(11)16/h6H,1-3H3,(H3,11,12,15,16). The maximum atomic E-state index is 11.5. The highest BCUT2D eigenvalue weighted by Crippen LogP contribution is 2.22. The fourth-order valence-electron chi connectivity index (χ4n) is 1.36.